The summed E-state index contributed by atoms with van der Waals surface area (Å²) in [4.78, 5) is 16.6. The van der Waals surface area contributed by atoms with Gasteiger partial charge in [-0.25, -0.2) is 9.78 Å². The average molecular weight is 462 g/mol. The minimum atomic E-state index is -0.683. The Kier molecular flexibility index (Phi) is 8.28. The molecule has 0 N–H and O–H groups in total. The Balaban J connectivity index is 1.66. The van der Waals surface area contributed by atoms with Gasteiger partial charge in [0, 0.05) is 35.1 Å². The summed E-state index contributed by atoms with van der Waals surface area (Å²) in [7, 11) is 2.93. The van der Waals surface area contributed by atoms with Crippen LogP contribution in [0.3, 0.4) is 0 Å². The van der Waals surface area contributed by atoms with Gasteiger partial charge in [0.2, 0.25) is 0 Å². The summed E-state index contributed by atoms with van der Waals surface area (Å²) >= 11 is 7.50. The first-order chi connectivity index (χ1) is 15.0. The molecule has 31 heavy (non-hydrogen) atoms. The van der Waals surface area contributed by atoms with Gasteiger partial charge in [-0.05, 0) is 30.7 Å². The summed E-state index contributed by atoms with van der Waals surface area (Å²) < 4.78 is 21.7. The zero-order chi connectivity index (χ0) is 22.2. The molecule has 164 valence electrons. The lowest BCUT2D eigenvalue weighted by atomic mass is 10.1. The summed E-state index contributed by atoms with van der Waals surface area (Å²) in [5.74, 6) is 0.850. The van der Waals surface area contributed by atoms with Crippen molar-refractivity contribution in [3.63, 3.8) is 0 Å². The highest BCUT2D eigenvalue weighted by Gasteiger charge is 2.22. The number of carbonyl (C=O) groups is 1. The summed E-state index contributed by atoms with van der Waals surface area (Å²) in [6.45, 7) is 2.58. The van der Waals surface area contributed by atoms with Crippen LogP contribution in [-0.4, -0.2) is 37.9 Å². The van der Waals surface area contributed by atoms with Crippen molar-refractivity contribution in [2.75, 3.05) is 20.8 Å². The van der Waals surface area contributed by atoms with E-state index in [1.165, 1.54) is 7.11 Å². The zero-order valence-corrected chi connectivity index (χ0v) is 19.2. The molecule has 0 spiro atoms. The average Bonchev–Trinajstić information content (AvgIpc) is 3.27. The number of hydrogen-bond donors (Lipinski definition) is 0. The predicted molar refractivity (Wildman–Crippen MR) is 121 cm³/mol. The van der Waals surface area contributed by atoms with Crippen LogP contribution in [0.2, 0.25) is 5.02 Å². The number of methoxy groups -OCH3 is 2. The first-order valence-electron chi connectivity index (χ1n) is 9.73. The van der Waals surface area contributed by atoms with Crippen molar-refractivity contribution in [2.45, 2.75) is 26.1 Å². The third kappa shape index (κ3) is 6.19. The van der Waals surface area contributed by atoms with Gasteiger partial charge in [-0.15, -0.1) is 11.3 Å². The SMILES string of the molecule is CCO[C@@H](Cc1ccc(OCc2csc(-c3ccc(Cl)cc3)n2)cc1OC)C(=O)OC. The van der Waals surface area contributed by atoms with Crippen LogP contribution in [-0.2, 0) is 27.3 Å². The quantitative estimate of drug-likeness (QED) is 0.388. The van der Waals surface area contributed by atoms with Crippen molar-refractivity contribution in [2.24, 2.45) is 0 Å². The number of benzene rings is 2. The molecule has 0 bridgehead atoms. The number of halogens is 1. The molecule has 6 nitrogen and oxygen atoms in total. The molecule has 0 saturated carbocycles. The molecule has 2 aromatic carbocycles. The van der Waals surface area contributed by atoms with Gasteiger partial charge in [-0.3, -0.25) is 0 Å². The van der Waals surface area contributed by atoms with Crippen LogP contribution in [0.5, 0.6) is 11.5 Å². The maximum Gasteiger partial charge on any atom is 0.335 e. The van der Waals surface area contributed by atoms with Gasteiger partial charge in [0.15, 0.2) is 6.10 Å². The molecule has 3 aromatic rings. The smallest absolute Gasteiger partial charge is 0.335 e. The normalized spacial score (nSPS) is 11.7. The first-order valence-corrected chi connectivity index (χ1v) is 11.0. The summed E-state index contributed by atoms with van der Waals surface area (Å²) in [6, 6.07) is 13.1. The summed E-state index contributed by atoms with van der Waals surface area (Å²) in [5.41, 5.74) is 2.68. The van der Waals surface area contributed by atoms with Crippen LogP contribution in [0.4, 0.5) is 0 Å². The number of carbonyl (C=O) groups excluding carboxylic acids is 1. The highest BCUT2D eigenvalue weighted by molar-refractivity contribution is 7.13. The monoisotopic (exact) mass is 461 g/mol. The van der Waals surface area contributed by atoms with E-state index < -0.39 is 12.1 Å². The van der Waals surface area contributed by atoms with Crippen molar-refractivity contribution in [3.05, 3.63) is 64.1 Å². The number of nitrogens with zero attached hydrogens (tertiary/aromatic N) is 1. The van der Waals surface area contributed by atoms with Crippen LogP contribution in [0.1, 0.15) is 18.2 Å². The van der Waals surface area contributed by atoms with Gasteiger partial charge < -0.3 is 18.9 Å². The lowest BCUT2D eigenvalue weighted by molar-refractivity contribution is -0.153. The summed E-state index contributed by atoms with van der Waals surface area (Å²) in [6.07, 6.45) is -0.336. The third-order valence-electron chi connectivity index (χ3n) is 4.53. The second-order valence-electron chi connectivity index (χ2n) is 6.58. The number of thiazole rings is 1. The maximum atomic E-state index is 11.9. The van der Waals surface area contributed by atoms with E-state index >= 15 is 0 Å². The van der Waals surface area contributed by atoms with Gasteiger partial charge in [-0.1, -0.05) is 29.8 Å². The fourth-order valence-corrected chi connectivity index (χ4v) is 3.92. The molecule has 0 aliphatic rings. The van der Waals surface area contributed by atoms with Crippen molar-refractivity contribution in [1.29, 1.82) is 0 Å². The Morgan fingerprint density at radius 2 is 1.94 bits per heavy atom. The minimum Gasteiger partial charge on any atom is -0.496 e. The van der Waals surface area contributed by atoms with Gasteiger partial charge >= 0.3 is 5.97 Å². The lowest BCUT2D eigenvalue weighted by Gasteiger charge is -2.17. The van der Waals surface area contributed by atoms with Gasteiger partial charge in [-0.2, -0.15) is 0 Å². The summed E-state index contributed by atoms with van der Waals surface area (Å²) in [5, 5.41) is 3.58. The molecule has 0 unspecified atom stereocenters. The highest BCUT2D eigenvalue weighted by Crippen LogP contribution is 2.28. The molecule has 0 fully saturated rings. The molecule has 0 aliphatic carbocycles. The van der Waals surface area contributed by atoms with Crippen LogP contribution in [0, 0.1) is 0 Å². The van der Waals surface area contributed by atoms with Gasteiger partial charge in [0.1, 0.15) is 23.1 Å². The minimum absolute atomic E-state index is 0.330. The van der Waals surface area contributed by atoms with E-state index in [-0.39, 0.29) is 0 Å². The molecule has 1 aromatic heterocycles. The second kappa shape index (κ2) is 11.1. The van der Waals surface area contributed by atoms with E-state index in [1.807, 2.05) is 48.7 Å². The number of rotatable bonds is 10. The molecule has 3 rings (SSSR count). The number of aromatic nitrogens is 1. The van der Waals surface area contributed by atoms with E-state index in [9.17, 15) is 4.79 Å². The fourth-order valence-electron chi connectivity index (χ4n) is 2.98. The number of ether oxygens (including phenoxy) is 4. The van der Waals surface area contributed by atoms with Crippen LogP contribution in [0.15, 0.2) is 47.8 Å². The molecule has 0 radical (unpaired) electrons. The largest absolute Gasteiger partial charge is 0.496 e. The van der Waals surface area contributed by atoms with E-state index in [1.54, 1.807) is 24.5 Å². The Morgan fingerprint density at radius 3 is 2.61 bits per heavy atom. The number of esters is 1. The molecule has 1 atom stereocenters. The molecule has 8 heteroatoms. The van der Waals surface area contributed by atoms with E-state index in [0.717, 1.165) is 21.8 Å². The Bertz CT molecular complexity index is 1010. The van der Waals surface area contributed by atoms with E-state index in [0.29, 0.717) is 36.2 Å². The zero-order valence-electron chi connectivity index (χ0n) is 17.6. The van der Waals surface area contributed by atoms with Gasteiger partial charge in [0.05, 0.1) is 19.9 Å². The Hall–Kier alpha value is -2.61. The van der Waals surface area contributed by atoms with Gasteiger partial charge in [0.25, 0.3) is 0 Å². The Morgan fingerprint density at radius 1 is 1.16 bits per heavy atom. The van der Waals surface area contributed by atoms with Crippen LogP contribution < -0.4 is 9.47 Å². The maximum absolute atomic E-state index is 11.9. The number of hydrogen-bond acceptors (Lipinski definition) is 7. The predicted octanol–water partition coefficient (Wildman–Crippen LogP) is 5.17. The Labute approximate surface area is 190 Å². The van der Waals surface area contributed by atoms with Crippen LogP contribution in [0.25, 0.3) is 10.6 Å². The molecular weight excluding hydrogens is 438 g/mol. The standard InChI is InChI=1S/C23H24ClNO5S/c1-4-29-21(23(26)28-3)11-16-7-10-19(12-20(16)27-2)30-13-18-14-31-22(25-18)15-5-8-17(24)9-6-15/h5-10,12,14,21H,4,11,13H2,1-3H3/t21-/m0/s1. The van der Waals surface area contributed by atoms with Crippen LogP contribution >= 0.6 is 22.9 Å². The molecule has 1 heterocycles. The van der Waals surface area contributed by atoms with Crippen molar-refractivity contribution >= 4 is 28.9 Å². The first kappa shape index (κ1) is 23.1. The second-order valence-corrected chi connectivity index (χ2v) is 7.88. The molecule has 0 aliphatic heterocycles. The van der Waals surface area contributed by atoms with Crippen molar-refractivity contribution < 1.29 is 23.7 Å². The molecular formula is C23H24ClNO5S. The van der Waals surface area contributed by atoms with E-state index in [2.05, 4.69) is 4.98 Å². The molecule has 0 amide bonds. The highest BCUT2D eigenvalue weighted by atomic mass is 35.5. The van der Waals surface area contributed by atoms with Crippen molar-refractivity contribution in [1.82, 2.24) is 4.98 Å². The molecule has 0 saturated heterocycles. The van der Waals surface area contributed by atoms with E-state index in [4.69, 9.17) is 30.5 Å². The third-order valence-corrected chi connectivity index (χ3v) is 5.72. The lowest BCUT2D eigenvalue weighted by Crippen LogP contribution is -2.28. The topological polar surface area (TPSA) is 66.9 Å². The fraction of sp³-hybridized carbons (Fsp3) is 0.304. The van der Waals surface area contributed by atoms with Crippen molar-refractivity contribution in [3.8, 4) is 22.1 Å².